The normalized spacial score (nSPS) is 22.5. The zero-order valence-corrected chi connectivity index (χ0v) is 18.4. The number of aromatic amines is 1. The first-order valence-electron chi connectivity index (χ1n) is 11.1. The van der Waals surface area contributed by atoms with Gasteiger partial charge in [0.15, 0.2) is 11.5 Å². The number of ether oxygens (including phenoxy) is 1. The van der Waals surface area contributed by atoms with Crippen LogP contribution in [0, 0.1) is 11.3 Å². The smallest absolute Gasteiger partial charge is 0.407 e. The fourth-order valence-corrected chi connectivity index (χ4v) is 4.31. The topological polar surface area (TPSA) is 133 Å². The monoisotopic (exact) mass is 452 g/mol. The SMILES string of the molecule is CC(C)NC(=O)O[C@H]1CC[C@@H](c2cc(Nc3ncc(C4CC4)c4nc(C#N)cn34)n[nH]2)[C@H]1F. The molecule has 2 saturated carbocycles. The van der Waals surface area contributed by atoms with Gasteiger partial charge in [0.05, 0.1) is 6.20 Å². The first-order chi connectivity index (χ1) is 15.9. The Bertz CT molecular complexity index is 1220. The molecule has 5 rings (SSSR count). The second-order valence-electron chi connectivity index (χ2n) is 8.95. The van der Waals surface area contributed by atoms with Gasteiger partial charge in [-0.05, 0) is 45.4 Å². The van der Waals surface area contributed by atoms with Crippen molar-refractivity contribution in [1.82, 2.24) is 29.9 Å². The number of hydrogen-bond donors (Lipinski definition) is 3. The molecule has 33 heavy (non-hydrogen) atoms. The lowest BCUT2D eigenvalue weighted by Gasteiger charge is -2.18. The molecule has 3 heterocycles. The molecule has 3 aromatic heterocycles. The van der Waals surface area contributed by atoms with E-state index in [0.717, 1.165) is 18.4 Å². The van der Waals surface area contributed by atoms with Gasteiger partial charge in [-0.2, -0.15) is 10.4 Å². The summed E-state index contributed by atoms with van der Waals surface area (Å²) in [6.45, 7) is 3.63. The molecule has 0 bridgehead atoms. The average Bonchev–Trinajstić information content (AvgIpc) is 3.18. The van der Waals surface area contributed by atoms with Crippen LogP contribution in [0.1, 0.15) is 68.3 Å². The maximum absolute atomic E-state index is 15.0. The molecule has 0 radical (unpaired) electrons. The number of alkyl carbamates (subject to hydrolysis) is 1. The number of alkyl halides is 1. The lowest BCUT2D eigenvalue weighted by molar-refractivity contribution is 0.0555. The van der Waals surface area contributed by atoms with Crippen molar-refractivity contribution in [3.63, 3.8) is 0 Å². The molecule has 2 aliphatic rings. The highest BCUT2D eigenvalue weighted by Gasteiger charge is 2.41. The summed E-state index contributed by atoms with van der Waals surface area (Å²) in [7, 11) is 0. The van der Waals surface area contributed by atoms with Gasteiger partial charge in [-0.3, -0.25) is 9.50 Å². The Kier molecular flexibility index (Phi) is 5.36. The number of halogens is 1. The van der Waals surface area contributed by atoms with Gasteiger partial charge in [-0.1, -0.05) is 0 Å². The standard InChI is InChI=1S/C22H25FN8O2/c1-11(2)26-22(32)33-17-6-5-14(19(17)23)16-7-18(30-29-16)28-21-25-9-15(12-3-4-12)20-27-13(8-24)10-31(20)21/h7,9-12,14,17,19H,3-6H2,1-2H3,(H,26,32)(H2,25,28,29,30)/t14-,17-,19+/m0/s1. The second kappa shape index (κ2) is 8.35. The van der Waals surface area contributed by atoms with Crippen LogP contribution in [0.4, 0.5) is 21.0 Å². The molecule has 0 aliphatic heterocycles. The van der Waals surface area contributed by atoms with Crippen LogP contribution in [0.3, 0.4) is 0 Å². The van der Waals surface area contributed by atoms with Crippen LogP contribution < -0.4 is 10.6 Å². The van der Waals surface area contributed by atoms with Crippen molar-refractivity contribution >= 4 is 23.5 Å². The van der Waals surface area contributed by atoms with E-state index in [-0.39, 0.29) is 6.04 Å². The maximum Gasteiger partial charge on any atom is 0.407 e. The Balaban J connectivity index is 1.31. The van der Waals surface area contributed by atoms with Gasteiger partial charge in [-0.15, -0.1) is 0 Å². The number of rotatable bonds is 6. The summed E-state index contributed by atoms with van der Waals surface area (Å²) in [6, 6.07) is 3.73. The Morgan fingerprint density at radius 2 is 2.18 bits per heavy atom. The molecule has 3 aromatic rings. The Morgan fingerprint density at radius 1 is 1.36 bits per heavy atom. The molecule has 1 amide bonds. The van der Waals surface area contributed by atoms with Crippen LogP contribution >= 0.6 is 0 Å². The van der Waals surface area contributed by atoms with Gasteiger partial charge in [0.2, 0.25) is 5.95 Å². The number of amides is 1. The van der Waals surface area contributed by atoms with Crippen LogP contribution in [0.2, 0.25) is 0 Å². The van der Waals surface area contributed by atoms with Crippen LogP contribution in [0.25, 0.3) is 5.65 Å². The van der Waals surface area contributed by atoms with Crippen molar-refractivity contribution < 1.29 is 13.9 Å². The number of carbonyl (C=O) groups is 1. The lowest BCUT2D eigenvalue weighted by Crippen LogP contribution is -2.36. The number of hydrogen-bond acceptors (Lipinski definition) is 7. The zero-order valence-electron chi connectivity index (χ0n) is 18.4. The number of anilines is 2. The molecular formula is C22H25FN8O2. The molecule has 3 atom stereocenters. The van der Waals surface area contributed by atoms with E-state index in [2.05, 4.69) is 36.9 Å². The van der Waals surface area contributed by atoms with Gasteiger partial charge in [0.25, 0.3) is 0 Å². The fraction of sp³-hybridized carbons (Fsp3) is 0.500. The summed E-state index contributed by atoms with van der Waals surface area (Å²) in [5.41, 5.74) is 2.68. The molecule has 0 unspecified atom stereocenters. The number of nitrogens with zero attached hydrogens (tertiary/aromatic N) is 5. The number of aromatic nitrogens is 5. The minimum Gasteiger partial charge on any atom is -0.443 e. The van der Waals surface area contributed by atoms with E-state index in [0.29, 0.717) is 47.6 Å². The van der Waals surface area contributed by atoms with Crippen LogP contribution in [-0.4, -0.2) is 49.0 Å². The van der Waals surface area contributed by atoms with Gasteiger partial charge < -0.3 is 15.4 Å². The van der Waals surface area contributed by atoms with E-state index in [9.17, 15) is 10.1 Å². The van der Waals surface area contributed by atoms with Gasteiger partial charge in [-0.25, -0.2) is 19.2 Å². The predicted octanol–water partition coefficient (Wildman–Crippen LogP) is 3.66. The van der Waals surface area contributed by atoms with E-state index < -0.39 is 24.3 Å². The number of fused-ring (bicyclic) bond motifs is 1. The summed E-state index contributed by atoms with van der Waals surface area (Å²) in [5, 5.41) is 22.2. The van der Waals surface area contributed by atoms with E-state index in [4.69, 9.17) is 4.74 Å². The first-order valence-corrected chi connectivity index (χ1v) is 11.1. The number of nitriles is 1. The molecule has 2 aliphatic carbocycles. The molecule has 2 fully saturated rings. The van der Waals surface area contributed by atoms with Crippen molar-refractivity contribution in [2.24, 2.45) is 0 Å². The number of carbonyl (C=O) groups excluding carboxylic acids is 1. The third-order valence-electron chi connectivity index (χ3n) is 6.05. The average molecular weight is 452 g/mol. The second-order valence-corrected chi connectivity index (χ2v) is 8.95. The van der Waals surface area contributed by atoms with Crippen molar-refractivity contribution in [1.29, 1.82) is 5.26 Å². The molecule has 172 valence electrons. The van der Waals surface area contributed by atoms with Crippen molar-refractivity contribution in [3.05, 3.63) is 35.4 Å². The summed E-state index contributed by atoms with van der Waals surface area (Å²) in [6.07, 6.45) is 3.87. The van der Waals surface area contributed by atoms with Gasteiger partial charge in [0.1, 0.15) is 24.0 Å². The minimum absolute atomic E-state index is 0.0767. The molecule has 0 saturated heterocycles. The third kappa shape index (κ3) is 4.20. The van der Waals surface area contributed by atoms with Gasteiger partial charge >= 0.3 is 6.09 Å². The highest BCUT2D eigenvalue weighted by molar-refractivity contribution is 5.67. The fourth-order valence-electron chi connectivity index (χ4n) is 4.31. The van der Waals surface area contributed by atoms with Crippen LogP contribution in [0.15, 0.2) is 18.5 Å². The predicted molar refractivity (Wildman–Crippen MR) is 117 cm³/mol. The molecular weight excluding hydrogens is 427 g/mol. The third-order valence-corrected chi connectivity index (χ3v) is 6.05. The van der Waals surface area contributed by atoms with E-state index >= 15 is 4.39 Å². The largest absolute Gasteiger partial charge is 0.443 e. The Labute approximate surface area is 189 Å². The number of imidazole rings is 1. The summed E-state index contributed by atoms with van der Waals surface area (Å²) < 4.78 is 22.0. The molecule has 0 spiro atoms. The quantitative estimate of drug-likeness (QED) is 0.520. The first kappa shape index (κ1) is 21.2. The molecule has 3 N–H and O–H groups in total. The summed E-state index contributed by atoms with van der Waals surface area (Å²) >= 11 is 0. The highest BCUT2D eigenvalue weighted by atomic mass is 19.1. The number of H-pyrrole nitrogens is 1. The van der Waals surface area contributed by atoms with Crippen molar-refractivity contribution in [3.8, 4) is 6.07 Å². The highest BCUT2D eigenvalue weighted by Crippen LogP contribution is 2.42. The van der Waals surface area contributed by atoms with E-state index in [1.807, 2.05) is 13.8 Å². The lowest BCUT2D eigenvalue weighted by atomic mass is 10.0. The maximum atomic E-state index is 15.0. The molecule has 11 heteroatoms. The molecule has 0 aromatic carbocycles. The van der Waals surface area contributed by atoms with E-state index in [1.165, 1.54) is 0 Å². The van der Waals surface area contributed by atoms with Crippen LogP contribution in [0.5, 0.6) is 0 Å². The Hall–Kier alpha value is -3.68. The summed E-state index contributed by atoms with van der Waals surface area (Å²) in [4.78, 5) is 20.8. The van der Waals surface area contributed by atoms with Crippen LogP contribution in [-0.2, 0) is 4.74 Å². The number of nitrogens with one attached hydrogen (secondary N) is 3. The zero-order chi connectivity index (χ0) is 23.1. The summed E-state index contributed by atoms with van der Waals surface area (Å²) in [5.74, 6) is 0.922. The van der Waals surface area contributed by atoms with Gasteiger partial charge in [0, 0.05) is 35.5 Å². The van der Waals surface area contributed by atoms with E-state index in [1.54, 1.807) is 22.9 Å². The minimum atomic E-state index is -1.33. The van der Waals surface area contributed by atoms with Crippen molar-refractivity contribution in [2.75, 3.05) is 5.32 Å². The Morgan fingerprint density at radius 3 is 2.91 bits per heavy atom. The molecule has 10 nitrogen and oxygen atoms in total. The van der Waals surface area contributed by atoms with Crippen molar-refractivity contribution in [2.45, 2.75) is 69.7 Å².